The van der Waals surface area contributed by atoms with E-state index in [2.05, 4.69) is 15.2 Å². The number of nitrogens with zero attached hydrogens (tertiary/aromatic N) is 4. The van der Waals surface area contributed by atoms with Gasteiger partial charge in [0.15, 0.2) is 9.84 Å². The maximum atomic E-state index is 13.3. The predicted molar refractivity (Wildman–Crippen MR) is 153 cm³/mol. The minimum absolute atomic E-state index is 0.0278. The molecule has 2 aliphatic heterocycles. The van der Waals surface area contributed by atoms with E-state index >= 15 is 0 Å². The van der Waals surface area contributed by atoms with Crippen LogP contribution in [0.3, 0.4) is 0 Å². The molecule has 9 nitrogen and oxygen atoms in total. The molecule has 0 aliphatic carbocycles. The number of hydrogen-bond donors (Lipinski definition) is 1. The molecule has 0 bridgehead atoms. The number of anilines is 1. The first kappa shape index (κ1) is 28.1. The third-order valence-corrected chi connectivity index (χ3v) is 9.00. The smallest absolute Gasteiger partial charge is 0.265 e. The number of amides is 1. The van der Waals surface area contributed by atoms with Crippen LogP contribution in [0.1, 0.15) is 34.5 Å². The quantitative estimate of drug-likeness (QED) is 0.335. The van der Waals surface area contributed by atoms with Gasteiger partial charge in [-0.1, -0.05) is 12.1 Å². The van der Waals surface area contributed by atoms with Crippen molar-refractivity contribution >= 4 is 32.5 Å². The summed E-state index contributed by atoms with van der Waals surface area (Å²) in [7, 11) is -3.96. The van der Waals surface area contributed by atoms with Crippen LogP contribution in [0, 0.1) is 11.8 Å². The van der Waals surface area contributed by atoms with Crippen molar-refractivity contribution in [1.29, 1.82) is 0 Å². The second kappa shape index (κ2) is 11.3. The topological polar surface area (TPSA) is 114 Å². The average Bonchev–Trinajstić information content (AvgIpc) is 3.47. The Balaban J connectivity index is 1.18. The Kier molecular flexibility index (Phi) is 7.58. The molecule has 0 radical (unpaired) electrons. The lowest BCUT2D eigenvalue weighted by Gasteiger charge is -2.34. The molecule has 1 amide bonds. The van der Waals surface area contributed by atoms with Crippen LogP contribution in [0.4, 0.5) is 14.6 Å². The maximum Gasteiger partial charge on any atom is 0.265 e. The maximum absolute atomic E-state index is 13.3. The molecule has 0 saturated carbocycles. The number of hydrogen-bond acceptors (Lipinski definition) is 8. The van der Waals surface area contributed by atoms with Crippen LogP contribution in [0.25, 0.3) is 22.3 Å². The van der Waals surface area contributed by atoms with Crippen molar-refractivity contribution in [2.75, 3.05) is 37.5 Å². The lowest BCUT2D eigenvalue weighted by atomic mass is 9.89. The van der Waals surface area contributed by atoms with E-state index in [1.165, 1.54) is 6.07 Å². The number of nitrogens with one attached hydrogen (secondary N) is 1. The van der Waals surface area contributed by atoms with E-state index in [1.807, 2.05) is 30.3 Å². The Morgan fingerprint density at radius 3 is 2.69 bits per heavy atom. The fourth-order valence-corrected chi connectivity index (χ4v) is 6.48. The van der Waals surface area contributed by atoms with Crippen molar-refractivity contribution in [3.8, 4) is 11.4 Å². The fraction of sp³-hybridized carbons (Fsp3) is 0.333. The number of fused-ring (bicyclic) bond motifs is 2. The van der Waals surface area contributed by atoms with Crippen molar-refractivity contribution in [1.82, 2.24) is 20.3 Å². The number of ether oxygens (including phenoxy) is 1. The van der Waals surface area contributed by atoms with Gasteiger partial charge in [0.2, 0.25) is 0 Å². The highest BCUT2D eigenvalue weighted by Crippen LogP contribution is 2.32. The van der Waals surface area contributed by atoms with Gasteiger partial charge in [-0.15, -0.1) is 0 Å². The zero-order chi connectivity index (χ0) is 29.4. The minimum Gasteiger partial charge on any atom is -0.381 e. The first-order valence-corrected chi connectivity index (χ1v) is 15.5. The molecule has 1 N–H and O–H groups in total. The average molecular weight is 594 g/mol. The number of halogens is 2. The van der Waals surface area contributed by atoms with Gasteiger partial charge in [0.1, 0.15) is 5.82 Å². The van der Waals surface area contributed by atoms with Gasteiger partial charge in [0, 0.05) is 54.6 Å². The molecule has 4 aromatic rings. The van der Waals surface area contributed by atoms with Crippen molar-refractivity contribution in [2.45, 2.75) is 24.3 Å². The summed E-state index contributed by atoms with van der Waals surface area (Å²) >= 11 is 0. The molecule has 218 valence electrons. The van der Waals surface area contributed by atoms with Crippen LogP contribution in [0.15, 0.2) is 65.7 Å². The monoisotopic (exact) mass is 593 g/mol. The van der Waals surface area contributed by atoms with Gasteiger partial charge in [-0.05, 0) is 54.8 Å². The minimum atomic E-state index is -3.96. The van der Waals surface area contributed by atoms with E-state index in [1.54, 1.807) is 12.3 Å². The Morgan fingerprint density at radius 2 is 1.88 bits per heavy atom. The van der Waals surface area contributed by atoms with Gasteiger partial charge < -0.3 is 15.0 Å². The third-order valence-electron chi connectivity index (χ3n) is 7.85. The highest BCUT2D eigenvalue weighted by molar-refractivity contribution is 7.90. The summed E-state index contributed by atoms with van der Waals surface area (Å²) in [5.74, 6) is 1.47. The molecule has 2 fully saturated rings. The summed E-state index contributed by atoms with van der Waals surface area (Å²) < 4.78 is 56.3. The number of rotatable bonds is 7. The largest absolute Gasteiger partial charge is 0.381 e. The number of benzene rings is 1. The SMILES string of the molecule is CS(=O)(=O)c1cc(C(=O)NCc2cc3nc(-c4cccc(N5CC[C@@H]6COCC6C5)n4)ccc3cn2)ccc1C(F)F. The Morgan fingerprint density at radius 1 is 1.07 bits per heavy atom. The first-order chi connectivity index (χ1) is 20.2. The summed E-state index contributed by atoms with van der Waals surface area (Å²) in [5, 5.41) is 3.49. The van der Waals surface area contributed by atoms with E-state index in [0.717, 1.165) is 68.0 Å². The summed E-state index contributed by atoms with van der Waals surface area (Å²) in [6.45, 7) is 3.56. The van der Waals surface area contributed by atoms with Crippen molar-refractivity contribution < 1.29 is 26.7 Å². The van der Waals surface area contributed by atoms with Crippen LogP contribution in [-0.2, 0) is 21.1 Å². The van der Waals surface area contributed by atoms with Gasteiger partial charge in [-0.3, -0.25) is 9.78 Å². The molecule has 2 atom stereocenters. The normalized spacial score (nSPS) is 18.8. The van der Waals surface area contributed by atoms with Crippen LogP contribution < -0.4 is 10.2 Å². The number of alkyl halides is 2. The van der Waals surface area contributed by atoms with E-state index in [9.17, 15) is 22.0 Å². The number of aromatic nitrogens is 3. The molecular weight excluding hydrogens is 564 g/mol. The zero-order valence-corrected chi connectivity index (χ0v) is 23.7. The molecule has 42 heavy (non-hydrogen) atoms. The summed E-state index contributed by atoms with van der Waals surface area (Å²) in [4.78, 5) is 28.6. The predicted octanol–water partition coefficient (Wildman–Crippen LogP) is 4.44. The highest BCUT2D eigenvalue weighted by atomic mass is 32.2. The molecule has 2 saturated heterocycles. The summed E-state index contributed by atoms with van der Waals surface area (Å²) in [6, 6.07) is 14.6. The van der Waals surface area contributed by atoms with Crippen LogP contribution in [0.5, 0.6) is 0 Å². The molecule has 6 rings (SSSR count). The van der Waals surface area contributed by atoms with E-state index in [-0.39, 0.29) is 12.1 Å². The Hall–Kier alpha value is -4.03. The molecule has 5 heterocycles. The number of carbonyl (C=O) groups is 1. The molecule has 1 unspecified atom stereocenters. The van der Waals surface area contributed by atoms with E-state index in [4.69, 9.17) is 14.7 Å². The fourth-order valence-electron chi connectivity index (χ4n) is 5.56. The van der Waals surface area contributed by atoms with Crippen LogP contribution in [-0.4, -0.2) is 61.8 Å². The molecule has 3 aromatic heterocycles. The molecular formula is C30H29F2N5O4S. The third kappa shape index (κ3) is 5.82. The van der Waals surface area contributed by atoms with Gasteiger partial charge >= 0.3 is 0 Å². The highest BCUT2D eigenvalue weighted by Gasteiger charge is 2.34. The van der Waals surface area contributed by atoms with E-state index in [0.29, 0.717) is 28.7 Å². The van der Waals surface area contributed by atoms with Crippen LogP contribution in [0.2, 0.25) is 0 Å². The summed E-state index contributed by atoms with van der Waals surface area (Å²) in [5.41, 5.74) is 1.97. The van der Waals surface area contributed by atoms with E-state index < -0.39 is 32.6 Å². The Labute approximate surface area is 241 Å². The lowest BCUT2D eigenvalue weighted by Crippen LogP contribution is -2.40. The Bertz CT molecular complexity index is 1770. The van der Waals surface area contributed by atoms with Crippen molar-refractivity contribution in [2.24, 2.45) is 11.8 Å². The molecule has 0 spiro atoms. The lowest BCUT2D eigenvalue weighted by molar-refractivity contribution is 0.0949. The number of pyridine rings is 3. The van der Waals surface area contributed by atoms with Crippen molar-refractivity contribution in [3.05, 3.63) is 77.6 Å². The van der Waals surface area contributed by atoms with Crippen LogP contribution >= 0.6 is 0 Å². The molecule has 2 aliphatic rings. The number of carbonyl (C=O) groups excluding carboxylic acids is 1. The van der Waals surface area contributed by atoms with Crippen molar-refractivity contribution in [3.63, 3.8) is 0 Å². The summed E-state index contributed by atoms with van der Waals surface area (Å²) in [6.07, 6.45) is 0.597. The second-order valence-corrected chi connectivity index (χ2v) is 12.7. The van der Waals surface area contributed by atoms with Gasteiger partial charge in [-0.25, -0.2) is 27.2 Å². The second-order valence-electron chi connectivity index (χ2n) is 10.7. The number of sulfone groups is 1. The molecule has 12 heteroatoms. The van der Waals surface area contributed by atoms with Gasteiger partial charge in [0.25, 0.3) is 12.3 Å². The standard InChI is InChI=1S/C30H29F2N5O4S/c1-42(39,40)27-11-18(5-7-23(27)29(31)32)30(38)34-14-22-12-26-19(13-33-22)6-8-25(35-26)24-3-2-4-28(36-24)37-10-9-20-16-41-17-21(20)15-37/h2-8,11-13,20-21,29H,9-10,14-17H2,1H3,(H,34,38)/t20-,21?/m1/s1. The first-order valence-electron chi connectivity index (χ1n) is 13.6. The number of piperidine rings is 1. The van der Waals surface area contributed by atoms with Gasteiger partial charge in [0.05, 0.1) is 40.6 Å². The zero-order valence-electron chi connectivity index (χ0n) is 22.8. The van der Waals surface area contributed by atoms with Gasteiger partial charge in [-0.2, -0.15) is 0 Å². The molecule has 1 aromatic carbocycles.